The largest absolute Gasteiger partial charge is 0.393 e. The van der Waals surface area contributed by atoms with Crippen LogP contribution in [0, 0.1) is 5.92 Å². The Bertz CT molecular complexity index is 212. The predicted molar refractivity (Wildman–Crippen MR) is 60.7 cm³/mol. The molecule has 0 radical (unpaired) electrons. The number of halogens is 3. The van der Waals surface area contributed by atoms with Gasteiger partial charge in [0.1, 0.15) is 0 Å². The SMILES string of the molecule is CCC(O)CCNC1CCC(C(F)(F)F)CC1. The summed E-state index contributed by atoms with van der Waals surface area (Å²) in [7, 11) is 0. The van der Waals surface area contributed by atoms with E-state index in [4.69, 9.17) is 0 Å². The summed E-state index contributed by atoms with van der Waals surface area (Å²) in [5, 5.41) is 12.6. The minimum Gasteiger partial charge on any atom is -0.393 e. The molecule has 2 N–H and O–H groups in total. The molecule has 2 nitrogen and oxygen atoms in total. The van der Waals surface area contributed by atoms with Gasteiger partial charge in [-0.15, -0.1) is 0 Å². The van der Waals surface area contributed by atoms with Crippen LogP contribution < -0.4 is 5.32 Å². The molecule has 102 valence electrons. The van der Waals surface area contributed by atoms with Crippen molar-refractivity contribution in [2.24, 2.45) is 5.92 Å². The minimum atomic E-state index is -4.02. The molecule has 0 aromatic rings. The molecule has 1 saturated carbocycles. The maximum Gasteiger partial charge on any atom is 0.391 e. The number of hydrogen-bond acceptors (Lipinski definition) is 2. The summed E-state index contributed by atoms with van der Waals surface area (Å²) in [5.41, 5.74) is 0. The van der Waals surface area contributed by atoms with Crippen LogP contribution in [-0.4, -0.2) is 30.0 Å². The highest BCUT2D eigenvalue weighted by Crippen LogP contribution is 2.37. The summed E-state index contributed by atoms with van der Waals surface area (Å²) in [6.45, 7) is 2.61. The zero-order valence-corrected chi connectivity index (χ0v) is 10.3. The van der Waals surface area contributed by atoms with Gasteiger partial charge >= 0.3 is 6.18 Å². The standard InChI is InChI=1S/C12H22F3NO/c1-2-11(17)7-8-16-10-5-3-9(4-6-10)12(13,14)15/h9-11,16-17H,2-8H2,1H3. The molecule has 0 aromatic carbocycles. The molecule has 1 fully saturated rings. The number of aliphatic hydroxyl groups excluding tert-OH is 1. The molecule has 0 amide bonds. The Morgan fingerprint density at radius 2 is 1.82 bits per heavy atom. The molecule has 0 bridgehead atoms. The van der Waals surface area contributed by atoms with Crippen LogP contribution in [0.15, 0.2) is 0 Å². The van der Waals surface area contributed by atoms with Gasteiger partial charge in [0, 0.05) is 6.04 Å². The van der Waals surface area contributed by atoms with E-state index in [0.717, 1.165) is 6.42 Å². The Morgan fingerprint density at radius 3 is 2.29 bits per heavy atom. The molecule has 5 heteroatoms. The van der Waals surface area contributed by atoms with Crippen LogP contribution in [0.1, 0.15) is 45.4 Å². The lowest BCUT2D eigenvalue weighted by molar-refractivity contribution is -0.182. The number of alkyl halides is 3. The predicted octanol–water partition coefficient (Wildman–Crippen LogP) is 2.86. The van der Waals surface area contributed by atoms with Gasteiger partial charge in [0.25, 0.3) is 0 Å². The van der Waals surface area contributed by atoms with Crippen molar-refractivity contribution < 1.29 is 18.3 Å². The quantitative estimate of drug-likeness (QED) is 0.789. The van der Waals surface area contributed by atoms with Gasteiger partial charge in [0.05, 0.1) is 12.0 Å². The van der Waals surface area contributed by atoms with E-state index in [2.05, 4.69) is 5.32 Å². The van der Waals surface area contributed by atoms with Gasteiger partial charge in [0.2, 0.25) is 0 Å². The molecule has 0 aliphatic heterocycles. The smallest absolute Gasteiger partial charge is 0.391 e. The first-order chi connectivity index (χ1) is 7.93. The molecule has 1 rings (SSSR count). The highest BCUT2D eigenvalue weighted by Gasteiger charge is 2.41. The second-order valence-corrected chi connectivity index (χ2v) is 4.90. The summed E-state index contributed by atoms with van der Waals surface area (Å²) in [5.74, 6) is -1.11. The fourth-order valence-corrected chi connectivity index (χ4v) is 2.28. The zero-order valence-electron chi connectivity index (χ0n) is 10.3. The molecular formula is C12H22F3NO. The van der Waals surface area contributed by atoms with Crippen LogP contribution in [0.4, 0.5) is 13.2 Å². The topological polar surface area (TPSA) is 32.3 Å². The normalized spacial score (nSPS) is 28.1. The second-order valence-electron chi connectivity index (χ2n) is 4.90. The third kappa shape index (κ3) is 5.25. The van der Waals surface area contributed by atoms with Gasteiger partial charge in [-0.25, -0.2) is 0 Å². The van der Waals surface area contributed by atoms with Crippen molar-refractivity contribution in [2.45, 2.75) is 63.8 Å². The summed E-state index contributed by atoms with van der Waals surface area (Å²) in [6, 6.07) is 0.192. The zero-order chi connectivity index (χ0) is 12.9. The molecule has 0 heterocycles. The third-order valence-electron chi connectivity index (χ3n) is 3.57. The van der Waals surface area contributed by atoms with Gasteiger partial charge in [-0.05, 0) is 45.1 Å². The molecular weight excluding hydrogens is 231 g/mol. The van der Waals surface area contributed by atoms with Crippen LogP contribution in [0.2, 0.25) is 0 Å². The lowest BCUT2D eigenvalue weighted by Crippen LogP contribution is -2.38. The molecule has 1 unspecified atom stereocenters. The van der Waals surface area contributed by atoms with Gasteiger partial charge < -0.3 is 10.4 Å². The fraction of sp³-hybridized carbons (Fsp3) is 1.00. The van der Waals surface area contributed by atoms with Crippen LogP contribution >= 0.6 is 0 Å². The van der Waals surface area contributed by atoms with Crippen LogP contribution in [-0.2, 0) is 0 Å². The highest BCUT2D eigenvalue weighted by atomic mass is 19.4. The van der Waals surface area contributed by atoms with Crippen molar-refractivity contribution in [1.29, 1.82) is 0 Å². The average molecular weight is 253 g/mol. The van der Waals surface area contributed by atoms with E-state index in [1.54, 1.807) is 0 Å². The van der Waals surface area contributed by atoms with E-state index >= 15 is 0 Å². The first kappa shape index (κ1) is 14.8. The number of aliphatic hydroxyl groups is 1. The van der Waals surface area contributed by atoms with E-state index in [0.29, 0.717) is 25.8 Å². The fourth-order valence-electron chi connectivity index (χ4n) is 2.28. The van der Waals surface area contributed by atoms with E-state index < -0.39 is 12.1 Å². The van der Waals surface area contributed by atoms with E-state index in [-0.39, 0.29) is 25.0 Å². The molecule has 0 spiro atoms. The van der Waals surface area contributed by atoms with Gasteiger partial charge in [-0.3, -0.25) is 0 Å². The van der Waals surface area contributed by atoms with Crippen LogP contribution in [0.3, 0.4) is 0 Å². The van der Waals surface area contributed by atoms with Gasteiger partial charge in [-0.2, -0.15) is 13.2 Å². The van der Waals surface area contributed by atoms with Gasteiger partial charge in [0.15, 0.2) is 0 Å². The third-order valence-corrected chi connectivity index (χ3v) is 3.57. The first-order valence-electron chi connectivity index (χ1n) is 6.41. The molecule has 17 heavy (non-hydrogen) atoms. The van der Waals surface area contributed by atoms with E-state index in [1.807, 2.05) is 6.92 Å². The number of hydrogen-bond donors (Lipinski definition) is 2. The maximum atomic E-state index is 12.4. The first-order valence-corrected chi connectivity index (χ1v) is 6.41. The molecule has 1 aliphatic rings. The van der Waals surface area contributed by atoms with Crippen molar-refractivity contribution in [1.82, 2.24) is 5.32 Å². The lowest BCUT2D eigenvalue weighted by Gasteiger charge is -2.30. The molecule has 0 saturated heterocycles. The highest BCUT2D eigenvalue weighted by molar-refractivity contribution is 4.80. The Balaban J connectivity index is 2.15. The Hall–Kier alpha value is -0.290. The Labute approximate surface area is 101 Å². The lowest BCUT2D eigenvalue weighted by atomic mass is 9.85. The summed E-state index contributed by atoms with van der Waals surface area (Å²) in [4.78, 5) is 0. The second kappa shape index (κ2) is 6.59. The Morgan fingerprint density at radius 1 is 1.24 bits per heavy atom. The van der Waals surface area contributed by atoms with Crippen molar-refractivity contribution in [2.75, 3.05) is 6.54 Å². The molecule has 0 aromatic heterocycles. The number of nitrogens with one attached hydrogen (secondary N) is 1. The van der Waals surface area contributed by atoms with E-state index in [9.17, 15) is 18.3 Å². The maximum absolute atomic E-state index is 12.4. The monoisotopic (exact) mass is 253 g/mol. The number of rotatable bonds is 5. The van der Waals surface area contributed by atoms with E-state index in [1.165, 1.54) is 0 Å². The van der Waals surface area contributed by atoms with Crippen LogP contribution in [0.25, 0.3) is 0 Å². The average Bonchev–Trinajstić information content (AvgIpc) is 2.28. The molecule has 1 aliphatic carbocycles. The van der Waals surface area contributed by atoms with Crippen LogP contribution in [0.5, 0.6) is 0 Å². The van der Waals surface area contributed by atoms with Crippen molar-refractivity contribution >= 4 is 0 Å². The van der Waals surface area contributed by atoms with Crippen molar-refractivity contribution in [3.63, 3.8) is 0 Å². The van der Waals surface area contributed by atoms with Gasteiger partial charge in [-0.1, -0.05) is 6.92 Å². The summed E-state index contributed by atoms with van der Waals surface area (Å²) < 4.78 is 37.3. The summed E-state index contributed by atoms with van der Waals surface area (Å²) in [6.07, 6.45) is -1.27. The van der Waals surface area contributed by atoms with Crippen molar-refractivity contribution in [3.05, 3.63) is 0 Å². The molecule has 1 atom stereocenters. The summed E-state index contributed by atoms with van der Waals surface area (Å²) >= 11 is 0. The Kier molecular flexibility index (Phi) is 5.73. The van der Waals surface area contributed by atoms with Crippen molar-refractivity contribution in [3.8, 4) is 0 Å². The minimum absolute atomic E-state index is 0.192.